The topological polar surface area (TPSA) is 39.5 Å². The Morgan fingerprint density at radius 2 is 1.85 bits per heavy atom. The van der Waals surface area contributed by atoms with Gasteiger partial charge in [0.05, 0.1) is 24.3 Å². The van der Waals surface area contributed by atoms with Gasteiger partial charge in [0.15, 0.2) is 0 Å². The summed E-state index contributed by atoms with van der Waals surface area (Å²) in [5, 5.41) is 10.7. The lowest BCUT2D eigenvalue weighted by atomic mass is 10.1. The van der Waals surface area contributed by atoms with E-state index in [1.54, 1.807) is 18.2 Å². The number of hydrogen-bond acceptors (Lipinski definition) is 4. The van der Waals surface area contributed by atoms with Gasteiger partial charge in [0.25, 0.3) is 0 Å². The third-order valence-corrected chi connectivity index (χ3v) is 3.29. The number of alkyl halides is 3. The molecule has 108 valence electrons. The average Bonchev–Trinajstić information content (AvgIpc) is 2.45. The molecule has 1 heterocycles. The van der Waals surface area contributed by atoms with Crippen LogP contribution in [-0.4, -0.2) is 38.4 Å². The molecule has 1 aliphatic rings. The molecule has 0 N–H and O–H groups in total. The van der Waals surface area contributed by atoms with E-state index in [1.807, 2.05) is 4.90 Å². The maximum absolute atomic E-state index is 12.7. The molecule has 0 aliphatic carbocycles. The lowest BCUT2D eigenvalue weighted by Crippen LogP contribution is -2.45. The summed E-state index contributed by atoms with van der Waals surface area (Å²) in [6.07, 6.45) is -4.50. The molecule has 0 amide bonds. The lowest BCUT2D eigenvalue weighted by molar-refractivity contribution is -0.137. The second-order valence-electron chi connectivity index (χ2n) is 4.44. The zero-order valence-corrected chi connectivity index (χ0v) is 10.9. The molecule has 1 fully saturated rings. The lowest BCUT2D eigenvalue weighted by Gasteiger charge is -2.34. The fraction of sp³-hybridized carbons (Fsp3) is 0.462. The van der Waals surface area contributed by atoms with Crippen LogP contribution in [0.3, 0.4) is 0 Å². The van der Waals surface area contributed by atoms with Crippen molar-refractivity contribution >= 4 is 5.69 Å². The van der Waals surface area contributed by atoms with Crippen molar-refractivity contribution in [3.63, 3.8) is 0 Å². The molecule has 0 saturated carbocycles. The van der Waals surface area contributed by atoms with Gasteiger partial charge >= 0.3 is 6.18 Å². The Morgan fingerprint density at radius 3 is 2.35 bits per heavy atom. The molecule has 1 aromatic rings. The van der Waals surface area contributed by atoms with Crippen molar-refractivity contribution in [2.24, 2.45) is 0 Å². The van der Waals surface area contributed by atoms with Crippen LogP contribution in [0.4, 0.5) is 18.9 Å². The van der Waals surface area contributed by atoms with E-state index in [0.717, 1.165) is 6.07 Å². The van der Waals surface area contributed by atoms with Crippen molar-refractivity contribution in [1.29, 1.82) is 5.26 Å². The predicted octanol–water partition coefficient (Wildman–Crippen LogP) is 2.26. The number of piperazine rings is 1. The molecule has 20 heavy (non-hydrogen) atoms. The minimum absolute atomic E-state index is 0.343. The zero-order valence-electron chi connectivity index (χ0n) is 10.9. The summed E-state index contributed by atoms with van der Waals surface area (Å²) in [6, 6.07) is 5.29. The fourth-order valence-electron chi connectivity index (χ4n) is 2.20. The predicted molar refractivity (Wildman–Crippen MR) is 67.0 cm³/mol. The van der Waals surface area contributed by atoms with Crippen LogP contribution >= 0.6 is 0 Å². The van der Waals surface area contributed by atoms with Crippen molar-refractivity contribution < 1.29 is 18.0 Å². The normalized spacial score (nSPS) is 17.1. The van der Waals surface area contributed by atoms with Crippen LogP contribution < -0.4 is 4.90 Å². The van der Waals surface area contributed by atoms with Crippen molar-refractivity contribution in [2.45, 2.75) is 6.18 Å². The first kappa shape index (κ1) is 14.6. The van der Waals surface area contributed by atoms with E-state index < -0.39 is 11.7 Å². The van der Waals surface area contributed by atoms with Gasteiger partial charge in [0, 0.05) is 31.9 Å². The summed E-state index contributed by atoms with van der Waals surface area (Å²) >= 11 is 0. The van der Waals surface area contributed by atoms with Gasteiger partial charge in [0.2, 0.25) is 0 Å². The molecular formula is C13H14F3N3O. The summed E-state index contributed by atoms with van der Waals surface area (Å²) in [5.41, 5.74) is -0.603. The molecule has 0 unspecified atom stereocenters. The minimum atomic E-state index is -4.50. The van der Waals surface area contributed by atoms with E-state index in [-0.39, 0.29) is 5.56 Å². The van der Waals surface area contributed by atoms with Gasteiger partial charge in [-0.1, -0.05) is 0 Å². The summed E-state index contributed by atoms with van der Waals surface area (Å²) in [5.74, 6) is 0. The van der Waals surface area contributed by atoms with E-state index in [2.05, 4.69) is 0 Å². The standard InChI is InChI=1S/C13H14F3N3O/c1-20-19-6-4-18(5-7-19)11-2-3-12(13(14,15)16)10(8-11)9-17/h2-3,8H,4-7H2,1H3. The first-order valence-electron chi connectivity index (χ1n) is 6.11. The Kier molecular flexibility index (Phi) is 4.16. The Hall–Kier alpha value is -1.78. The molecule has 1 saturated heterocycles. The largest absolute Gasteiger partial charge is 0.417 e. The van der Waals surface area contributed by atoms with E-state index in [4.69, 9.17) is 10.1 Å². The maximum Gasteiger partial charge on any atom is 0.417 e. The first-order chi connectivity index (χ1) is 9.45. The van der Waals surface area contributed by atoms with Crippen LogP contribution in [0.15, 0.2) is 18.2 Å². The number of hydrogen-bond donors (Lipinski definition) is 0. The molecule has 1 aromatic carbocycles. The zero-order chi connectivity index (χ0) is 14.8. The molecule has 0 atom stereocenters. The van der Waals surface area contributed by atoms with Crippen LogP contribution in [0.5, 0.6) is 0 Å². The van der Waals surface area contributed by atoms with Gasteiger partial charge in [0.1, 0.15) is 0 Å². The highest BCUT2D eigenvalue weighted by Gasteiger charge is 2.33. The van der Waals surface area contributed by atoms with Crippen LogP contribution in [-0.2, 0) is 11.0 Å². The third-order valence-electron chi connectivity index (χ3n) is 3.29. The fourth-order valence-corrected chi connectivity index (χ4v) is 2.20. The number of anilines is 1. The number of hydroxylamine groups is 2. The van der Waals surface area contributed by atoms with E-state index >= 15 is 0 Å². The summed E-state index contributed by atoms with van der Waals surface area (Å²) in [7, 11) is 1.58. The average molecular weight is 285 g/mol. The number of benzene rings is 1. The molecule has 2 rings (SSSR count). The molecule has 0 radical (unpaired) electrons. The first-order valence-corrected chi connectivity index (χ1v) is 6.11. The van der Waals surface area contributed by atoms with Crippen molar-refractivity contribution in [3.05, 3.63) is 29.3 Å². The monoisotopic (exact) mass is 285 g/mol. The third kappa shape index (κ3) is 3.03. The molecule has 4 nitrogen and oxygen atoms in total. The van der Waals surface area contributed by atoms with Crippen LogP contribution in [0.1, 0.15) is 11.1 Å². The van der Waals surface area contributed by atoms with E-state index in [9.17, 15) is 13.2 Å². The van der Waals surface area contributed by atoms with Gasteiger partial charge in [-0.15, -0.1) is 0 Å². The molecule has 7 heteroatoms. The highest BCUT2D eigenvalue weighted by molar-refractivity contribution is 5.55. The molecule has 0 bridgehead atoms. The SMILES string of the molecule is CON1CCN(c2ccc(C(F)(F)F)c(C#N)c2)CC1. The van der Waals surface area contributed by atoms with Gasteiger partial charge < -0.3 is 9.74 Å². The Labute approximate surface area is 114 Å². The van der Waals surface area contributed by atoms with E-state index in [0.29, 0.717) is 31.9 Å². The van der Waals surface area contributed by atoms with Gasteiger partial charge in [-0.05, 0) is 18.2 Å². The Morgan fingerprint density at radius 1 is 1.20 bits per heavy atom. The maximum atomic E-state index is 12.7. The Bertz CT molecular complexity index is 517. The van der Waals surface area contributed by atoms with Crippen molar-refractivity contribution in [3.8, 4) is 6.07 Å². The molecule has 0 aromatic heterocycles. The second-order valence-corrected chi connectivity index (χ2v) is 4.44. The number of nitriles is 1. The molecule has 1 aliphatic heterocycles. The van der Waals surface area contributed by atoms with Crippen LogP contribution in [0.25, 0.3) is 0 Å². The van der Waals surface area contributed by atoms with Crippen molar-refractivity contribution in [2.75, 3.05) is 38.2 Å². The van der Waals surface area contributed by atoms with Crippen molar-refractivity contribution in [1.82, 2.24) is 5.06 Å². The summed E-state index contributed by atoms with van der Waals surface area (Å²) in [4.78, 5) is 7.03. The quantitative estimate of drug-likeness (QED) is 0.835. The summed E-state index contributed by atoms with van der Waals surface area (Å²) < 4.78 is 38.2. The summed E-state index contributed by atoms with van der Waals surface area (Å²) in [6.45, 7) is 2.62. The number of nitrogens with zero attached hydrogens (tertiary/aromatic N) is 3. The number of halogens is 3. The minimum Gasteiger partial charge on any atom is -0.369 e. The highest BCUT2D eigenvalue weighted by atomic mass is 19.4. The molecule has 0 spiro atoms. The smallest absolute Gasteiger partial charge is 0.369 e. The number of rotatable bonds is 2. The second kappa shape index (κ2) is 5.69. The van der Waals surface area contributed by atoms with Gasteiger partial charge in [-0.3, -0.25) is 0 Å². The molecular weight excluding hydrogens is 271 g/mol. The van der Waals surface area contributed by atoms with Gasteiger partial charge in [-0.25, -0.2) is 0 Å². The highest BCUT2D eigenvalue weighted by Crippen LogP contribution is 2.33. The van der Waals surface area contributed by atoms with E-state index in [1.165, 1.54) is 12.1 Å². The Balaban J connectivity index is 2.21. The van der Waals surface area contributed by atoms with Crippen LogP contribution in [0, 0.1) is 11.3 Å². The van der Waals surface area contributed by atoms with Gasteiger partial charge in [-0.2, -0.15) is 23.5 Å². The van der Waals surface area contributed by atoms with Crippen LogP contribution in [0.2, 0.25) is 0 Å².